The van der Waals surface area contributed by atoms with Crippen LogP contribution in [0.15, 0.2) is 24.3 Å². The topological polar surface area (TPSA) is 129 Å². The summed E-state index contributed by atoms with van der Waals surface area (Å²) in [5.41, 5.74) is 1.99. The largest absolute Gasteiger partial charge is 0.493 e. The van der Waals surface area contributed by atoms with Crippen molar-refractivity contribution in [2.45, 2.75) is 46.6 Å². The maximum absolute atomic E-state index is 13.4. The van der Waals surface area contributed by atoms with Gasteiger partial charge in [0.25, 0.3) is 5.91 Å². The molecule has 0 atom stereocenters. The number of nitrogens with zero attached hydrogens (tertiary/aromatic N) is 1. The molecule has 0 bridgehead atoms. The lowest BCUT2D eigenvalue weighted by molar-refractivity contribution is 0.0691. The Morgan fingerprint density at radius 1 is 1.05 bits per heavy atom. The minimum atomic E-state index is -1.18. The monoisotopic (exact) mass is 575 g/mol. The van der Waals surface area contributed by atoms with Crippen LogP contribution < -0.4 is 14.8 Å². The Labute approximate surface area is 227 Å². The number of carbonyl (C=O) groups excluding carboxylic acids is 2. The fourth-order valence-electron chi connectivity index (χ4n) is 4.22. The van der Waals surface area contributed by atoms with Crippen LogP contribution in [0.4, 0.5) is 0 Å². The van der Waals surface area contributed by atoms with E-state index in [9.17, 15) is 19.5 Å². The second-order valence-electron chi connectivity index (χ2n) is 9.53. The molecule has 0 aromatic heterocycles. The molecule has 0 unspecified atom stereocenters. The molecule has 0 saturated heterocycles. The number of halogens is 1. The van der Waals surface area contributed by atoms with Crippen molar-refractivity contribution in [1.29, 1.82) is 5.41 Å². The zero-order valence-corrected chi connectivity index (χ0v) is 23.7. The van der Waals surface area contributed by atoms with Crippen LogP contribution in [0.1, 0.15) is 82.4 Å². The Balaban J connectivity index is 0.00000481. The summed E-state index contributed by atoms with van der Waals surface area (Å²) in [7, 11) is 1.52. The van der Waals surface area contributed by atoms with Crippen molar-refractivity contribution in [3.05, 3.63) is 57.6 Å². The molecule has 1 heterocycles. The summed E-state index contributed by atoms with van der Waals surface area (Å²) in [6.45, 7) is 10.2. The van der Waals surface area contributed by atoms with Crippen molar-refractivity contribution in [3.63, 3.8) is 0 Å². The smallest absolute Gasteiger partial charge is 0.339 e. The molecule has 37 heavy (non-hydrogen) atoms. The van der Waals surface area contributed by atoms with Gasteiger partial charge in [-0.3, -0.25) is 15.0 Å². The number of ketones is 1. The van der Waals surface area contributed by atoms with E-state index in [1.807, 2.05) is 27.7 Å². The molecule has 2 aromatic rings. The molecule has 1 aliphatic heterocycles. The van der Waals surface area contributed by atoms with Crippen molar-refractivity contribution in [1.82, 2.24) is 10.2 Å². The van der Waals surface area contributed by atoms with Crippen LogP contribution in [0.5, 0.6) is 11.5 Å². The van der Waals surface area contributed by atoms with Crippen LogP contribution in [0.2, 0.25) is 0 Å². The van der Waals surface area contributed by atoms with E-state index >= 15 is 0 Å². The maximum atomic E-state index is 13.4. The van der Waals surface area contributed by atoms with Gasteiger partial charge in [0.05, 0.1) is 25.3 Å². The normalized spacial score (nSPS) is 12.5. The first-order valence-electron chi connectivity index (χ1n) is 11.9. The van der Waals surface area contributed by atoms with Gasteiger partial charge in [-0.2, -0.15) is 0 Å². The molecule has 0 spiro atoms. The average molecular weight is 576 g/mol. The van der Waals surface area contributed by atoms with Crippen LogP contribution in [0, 0.1) is 5.41 Å². The van der Waals surface area contributed by atoms with Crippen molar-refractivity contribution in [2.24, 2.45) is 0 Å². The summed E-state index contributed by atoms with van der Waals surface area (Å²) in [5.74, 6) is -1.02. The zero-order chi connectivity index (χ0) is 26.8. The van der Waals surface area contributed by atoms with Gasteiger partial charge in [0.15, 0.2) is 5.78 Å². The van der Waals surface area contributed by atoms with Gasteiger partial charge in [-0.25, -0.2) is 4.79 Å². The average Bonchev–Trinajstić information content (AvgIpc) is 3.11. The van der Waals surface area contributed by atoms with Gasteiger partial charge in [0, 0.05) is 30.3 Å². The number of amidine groups is 1. The van der Waals surface area contributed by atoms with E-state index in [0.29, 0.717) is 42.2 Å². The van der Waals surface area contributed by atoms with E-state index in [1.54, 1.807) is 30.0 Å². The summed E-state index contributed by atoms with van der Waals surface area (Å²) in [6.07, 6.45) is 0. The Kier molecular flexibility index (Phi) is 9.49. The molecular formula is C27H34BrN3O6. The number of aromatic carboxylic acids is 1. The number of hydrogen-bond acceptors (Lipinski definition) is 6. The molecule has 200 valence electrons. The Hall–Kier alpha value is -3.40. The van der Waals surface area contributed by atoms with E-state index in [1.165, 1.54) is 13.1 Å². The van der Waals surface area contributed by atoms with Gasteiger partial charge in [-0.15, -0.1) is 17.0 Å². The lowest BCUT2D eigenvalue weighted by atomic mass is 9.83. The van der Waals surface area contributed by atoms with E-state index in [-0.39, 0.29) is 57.9 Å². The van der Waals surface area contributed by atoms with Crippen LogP contribution in [-0.2, 0) is 12.0 Å². The zero-order valence-electron chi connectivity index (χ0n) is 22.0. The van der Waals surface area contributed by atoms with Gasteiger partial charge >= 0.3 is 5.97 Å². The van der Waals surface area contributed by atoms with Crippen LogP contribution in [0.3, 0.4) is 0 Å². The van der Waals surface area contributed by atoms with E-state index in [4.69, 9.17) is 14.9 Å². The summed E-state index contributed by atoms with van der Waals surface area (Å²) < 4.78 is 11.3. The fourth-order valence-corrected chi connectivity index (χ4v) is 4.22. The number of amides is 1. The van der Waals surface area contributed by atoms with E-state index in [2.05, 4.69) is 5.32 Å². The van der Waals surface area contributed by atoms with Gasteiger partial charge in [-0.05, 0) is 49.1 Å². The number of benzene rings is 2. The molecule has 3 rings (SSSR count). The van der Waals surface area contributed by atoms with E-state index < -0.39 is 11.4 Å². The summed E-state index contributed by atoms with van der Waals surface area (Å²) >= 11 is 0. The predicted octanol–water partition coefficient (Wildman–Crippen LogP) is 4.44. The highest BCUT2D eigenvalue weighted by Gasteiger charge is 2.31. The molecule has 1 amide bonds. The van der Waals surface area contributed by atoms with Crippen molar-refractivity contribution < 1.29 is 29.0 Å². The van der Waals surface area contributed by atoms with Crippen LogP contribution >= 0.6 is 17.0 Å². The van der Waals surface area contributed by atoms with Gasteiger partial charge in [-0.1, -0.05) is 20.8 Å². The number of fused-ring (bicyclic) bond motifs is 1. The Morgan fingerprint density at radius 3 is 2.24 bits per heavy atom. The molecule has 2 aromatic carbocycles. The molecular weight excluding hydrogens is 542 g/mol. The molecule has 3 N–H and O–H groups in total. The van der Waals surface area contributed by atoms with Gasteiger partial charge in [0.2, 0.25) is 0 Å². The number of rotatable bonds is 9. The number of nitrogens with one attached hydrogen (secondary N) is 2. The number of carboxylic acid groups (broad SMARTS) is 1. The highest BCUT2D eigenvalue weighted by atomic mass is 79.9. The predicted molar refractivity (Wildman–Crippen MR) is 146 cm³/mol. The molecule has 10 heteroatoms. The summed E-state index contributed by atoms with van der Waals surface area (Å²) in [4.78, 5) is 39.3. The Morgan fingerprint density at radius 2 is 1.70 bits per heavy atom. The number of carboxylic acids is 1. The lowest BCUT2D eigenvalue weighted by Crippen LogP contribution is -2.30. The van der Waals surface area contributed by atoms with Crippen molar-refractivity contribution in [2.75, 3.05) is 26.8 Å². The first-order chi connectivity index (χ1) is 16.9. The standard InChI is InChI=1S/C27H33N3O6.BrH/c1-7-35-22-11-16-13-30(24(28)17(16)12-18(22)25(32)29-6)14-21(31)15-9-19(26(33)34)23(36-8-2)20(10-15)27(3,4)5;/h9-12,28H,7-8,13-14H2,1-6H3,(H,29,32)(H,33,34);1H. The lowest BCUT2D eigenvalue weighted by Gasteiger charge is -2.25. The third-order valence-corrected chi connectivity index (χ3v) is 5.98. The SMILES string of the molecule is Br.CCOc1cc2c(cc1C(=O)NC)C(=N)N(CC(=O)c1cc(C(=O)O)c(OCC)c(C(C)(C)C)c1)C2. The highest BCUT2D eigenvalue weighted by molar-refractivity contribution is 8.93. The molecule has 0 radical (unpaired) electrons. The van der Waals surface area contributed by atoms with Gasteiger partial charge < -0.3 is 24.8 Å². The second-order valence-corrected chi connectivity index (χ2v) is 9.53. The number of carbonyl (C=O) groups is 3. The van der Waals surface area contributed by atoms with Crippen LogP contribution in [0.25, 0.3) is 0 Å². The molecule has 0 saturated carbocycles. The molecule has 0 fully saturated rings. The number of Topliss-reactive ketones (excluding diaryl/α,β-unsaturated/α-hetero) is 1. The minimum Gasteiger partial charge on any atom is -0.493 e. The van der Waals surface area contributed by atoms with Crippen molar-refractivity contribution >= 4 is 40.5 Å². The highest BCUT2D eigenvalue weighted by Crippen LogP contribution is 2.36. The van der Waals surface area contributed by atoms with Crippen LogP contribution in [-0.4, -0.2) is 60.3 Å². The Bertz CT molecular complexity index is 1240. The minimum absolute atomic E-state index is 0. The number of ether oxygens (including phenoxy) is 2. The third kappa shape index (κ3) is 6.12. The molecule has 1 aliphatic rings. The van der Waals surface area contributed by atoms with E-state index in [0.717, 1.165) is 5.56 Å². The second kappa shape index (κ2) is 11.8. The third-order valence-electron chi connectivity index (χ3n) is 5.98. The quantitative estimate of drug-likeness (QED) is 0.377. The first kappa shape index (κ1) is 29.8. The maximum Gasteiger partial charge on any atom is 0.339 e. The molecule has 0 aliphatic carbocycles. The van der Waals surface area contributed by atoms with Crippen molar-refractivity contribution in [3.8, 4) is 11.5 Å². The number of hydrogen-bond donors (Lipinski definition) is 3. The summed E-state index contributed by atoms with van der Waals surface area (Å²) in [5, 5.41) is 21.0. The fraction of sp³-hybridized carbons (Fsp3) is 0.407. The summed E-state index contributed by atoms with van der Waals surface area (Å²) in [6, 6.07) is 6.38. The first-order valence-corrected chi connectivity index (χ1v) is 11.9. The molecule has 9 nitrogen and oxygen atoms in total. The van der Waals surface area contributed by atoms with Gasteiger partial charge in [0.1, 0.15) is 22.9 Å².